The first-order chi connectivity index (χ1) is 13.4. The molecule has 8 heteroatoms. The van der Waals surface area contributed by atoms with Crippen LogP contribution in [0.5, 0.6) is 5.75 Å². The Bertz CT molecular complexity index is 729. The Morgan fingerprint density at radius 2 is 1.96 bits per heavy atom. The van der Waals surface area contributed by atoms with Crippen LogP contribution in [0.3, 0.4) is 0 Å². The second-order valence-corrected chi connectivity index (χ2v) is 7.59. The molecule has 4 amide bonds. The lowest BCUT2D eigenvalue weighted by atomic mass is 9.77. The molecule has 1 heterocycles. The van der Waals surface area contributed by atoms with Crippen molar-refractivity contribution in [2.45, 2.75) is 44.6 Å². The normalized spacial score (nSPS) is 24.4. The molecule has 152 valence electrons. The molecule has 1 aliphatic heterocycles. The number of hydrogen-bond donors (Lipinski definition) is 2. The summed E-state index contributed by atoms with van der Waals surface area (Å²) in [4.78, 5) is 38.0. The van der Waals surface area contributed by atoms with Crippen molar-refractivity contribution >= 4 is 17.8 Å². The molecule has 0 unspecified atom stereocenters. The van der Waals surface area contributed by atoms with Gasteiger partial charge in [-0.05, 0) is 62.3 Å². The molecule has 1 aromatic carbocycles. The van der Waals surface area contributed by atoms with E-state index in [1.807, 2.05) is 0 Å². The molecular formula is C20H26FN3O4. The van der Waals surface area contributed by atoms with E-state index in [1.165, 1.54) is 24.3 Å². The van der Waals surface area contributed by atoms with E-state index in [2.05, 4.69) is 17.6 Å². The minimum atomic E-state index is -0.827. The van der Waals surface area contributed by atoms with Gasteiger partial charge in [-0.1, -0.05) is 6.92 Å². The first-order valence-corrected chi connectivity index (χ1v) is 9.69. The van der Waals surface area contributed by atoms with Gasteiger partial charge in [-0.15, -0.1) is 0 Å². The molecule has 3 rings (SSSR count). The summed E-state index contributed by atoms with van der Waals surface area (Å²) in [6.07, 6.45) is 3.57. The zero-order valence-electron chi connectivity index (χ0n) is 16.0. The summed E-state index contributed by atoms with van der Waals surface area (Å²) in [6.45, 7) is 2.57. The Morgan fingerprint density at radius 1 is 1.29 bits per heavy atom. The molecule has 1 aromatic rings. The highest BCUT2D eigenvalue weighted by Gasteiger charge is 2.52. The number of hydrogen-bond acceptors (Lipinski definition) is 4. The second kappa shape index (κ2) is 8.58. The lowest BCUT2D eigenvalue weighted by molar-refractivity contribution is -0.136. The number of carbonyl (C=O) groups excluding carboxylic acids is 3. The van der Waals surface area contributed by atoms with Crippen LogP contribution in [-0.4, -0.2) is 48.0 Å². The molecule has 2 aliphatic rings. The number of urea groups is 1. The minimum Gasteiger partial charge on any atom is -0.494 e. The van der Waals surface area contributed by atoms with E-state index in [1.54, 1.807) is 0 Å². The predicted molar refractivity (Wildman–Crippen MR) is 100 cm³/mol. The van der Waals surface area contributed by atoms with Gasteiger partial charge in [0.05, 0.1) is 6.61 Å². The highest BCUT2D eigenvalue weighted by atomic mass is 19.1. The summed E-state index contributed by atoms with van der Waals surface area (Å²) in [7, 11) is 0. The van der Waals surface area contributed by atoms with Crippen molar-refractivity contribution in [3.05, 3.63) is 30.1 Å². The molecular weight excluding hydrogens is 365 g/mol. The molecule has 0 atom stereocenters. The molecule has 28 heavy (non-hydrogen) atoms. The molecule has 2 fully saturated rings. The van der Waals surface area contributed by atoms with Gasteiger partial charge < -0.3 is 15.4 Å². The van der Waals surface area contributed by atoms with Crippen LogP contribution < -0.4 is 15.4 Å². The summed E-state index contributed by atoms with van der Waals surface area (Å²) >= 11 is 0. The van der Waals surface area contributed by atoms with E-state index in [9.17, 15) is 18.8 Å². The fourth-order valence-electron chi connectivity index (χ4n) is 3.63. The lowest BCUT2D eigenvalue weighted by Gasteiger charge is -2.33. The van der Waals surface area contributed by atoms with Crippen LogP contribution in [0.25, 0.3) is 0 Å². The summed E-state index contributed by atoms with van der Waals surface area (Å²) < 4.78 is 18.3. The van der Waals surface area contributed by atoms with Crippen LogP contribution in [0.4, 0.5) is 9.18 Å². The molecule has 1 spiro atoms. The van der Waals surface area contributed by atoms with Gasteiger partial charge in [0.2, 0.25) is 5.91 Å². The van der Waals surface area contributed by atoms with Crippen molar-refractivity contribution in [1.29, 1.82) is 0 Å². The van der Waals surface area contributed by atoms with Gasteiger partial charge in [0.15, 0.2) is 0 Å². The molecule has 0 aromatic heterocycles. The standard InChI is InChI=1S/C20H26FN3O4/c1-14-7-9-20(10-8-14)18(26)24(19(27)23-20)13-17(25)22-11-2-12-28-16-5-3-15(21)4-6-16/h3-6,14H,2,7-13H2,1H3,(H,22,25)(H,23,27). The monoisotopic (exact) mass is 391 g/mol. The highest BCUT2D eigenvalue weighted by Crippen LogP contribution is 2.36. The number of nitrogens with zero attached hydrogens (tertiary/aromatic N) is 1. The number of rotatable bonds is 7. The number of carbonyl (C=O) groups is 3. The summed E-state index contributed by atoms with van der Waals surface area (Å²) in [5.74, 6) is 0.0966. The van der Waals surface area contributed by atoms with E-state index in [0.717, 1.165) is 17.7 Å². The van der Waals surface area contributed by atoms with Crippen LogP contribution >= 0.6 is 0 Å². The molecule has 0 radical (unpaired) electrons. The van der Waals surface area contributed by atoms with Gasteiger partial charge in [-0.3, -0.25) is 14.5 Å². The predicted octanol–water partition coefficient (Wildman–Crippen LogP) is 2.21. The Morgan fingerprint density at radius 3 is 2.64 bits per heavy atom. The minimum absolute atomic E-state index is 0.277. The van der Waals surface area contributed by atoms with Crippen LogP contribution in [0.15, 0.2) is 24.3 Å². The van der Waals surface area contributed by atoms with E-state index in [-0.39, 0.29) is 24.2 Å². The third-order valence-electron chi connectivity index (χ3n) is 5.40. The first-order valence-electron chi connectivity index (χ1n) is 9.69. The molecule has 1 saturated heterocycles. The maximum absolute atomic E-state index is 12.8. The Balaban J connectivity index is 1.39. The molecule has 2 N–H and O–H groups in total. The van der Waals surface area contributed by atoms with E-state index < -0.39 is 11.6 Å². The number of benzene rings is 1. The number of amides is 4. The van der Waals surface area contributed by atoms with Crippen molar-refractivity contribution in [3.8, 4) is 5.75 Å². The zero-order valence-corrected chi connectivity index (χ0v) is 16.0. The number of nitrogens with one attached hydrogen (secondary N) is 2. The maximum atomic E-state index is 12.8. The maximum Gasteiger partial charge on any atom is 0.325 e. The Kier molecular flexibility index (Phi) is 6.16. The number of ether oxygens (including phenoxy) is 1. The largest absolute Gasteiger partial charge is 0.494 e. The SMILES string of the molecule is CC1CCC2(CC1)NC(=O)N(CC(=O)NCCCOc1ccc(F)cc1)C2=O. The van der Waals surface area contributed by atoms with E-state index in [0.29, 0.717) is 44.1 Å². The van der Waals surface area contributed by atoms with Gasteiger partial charge in [-0.25, -0.2) is 9.18 Å². The third kappa shape index (κ3) is 4.61. The third-order valence-corrected chi connectivity index (χ3v) is 5.40. The average molecular weight is 391 g/mol. The van der Waals surface area contributed by atoms with Crippen molar-refractivity contribution in [3.63, 3.8) is 0 Å². The lowest BCUT2D eigenvalue weighted by Crippen LogP contribution is -2.49. The second-order valence-electron chi connectivity index (χ2n) is 7.59. The molecule has 0 bridgehead atoms. The van der Waals surface area contributed by atoms with Crippen molar-refractivity contribution in [2.75, 3.05) is 19.7 Å². The quantitative estimate of drug-likeness (QED) is 0.551. The summed E-state index contributed by atoms with van der Waals surface area (Å²) in [6, 6.07) is 5.21. The van der Waals surface area contributed by atoms with Crippen molar-refractivity contribution in [1.82, 2.24) is 15.5 Å². The molecule has 7 nitrogen and oxygen atoms in total. The van der Waals surface area contributed by atoms with E-state index in [4.69, 9.17) is 4.74 Å². The molecule has 1 saturated carbocycles. The van der Waals surface area contributed by atoms with Crippen LogP contribution in [0.2, 0.25) is 0 Å². The number of halogens is 1. The van der Waals surface area contributed by atoms with Crippen LogP contribution in [-0.2, 0) is 9.59 Å². The van der Waals surface area contributed by atoms with Crippen molar-refractivity contribution in [2.24, 2.45) is 5.92 Å². The fourth-order valence-corrected chi connectivity index (χ4v) is 3.63. The van der Waals surface area contributed by atoms with Gasteiger partial charge >= 0.3 is 6.03 Å². The average Bonchev–Trinajstić information content (AvgIpc) is 2.90. The summed E-state index contributed by atoms with van der Waals surface area (Å²) in [5, 5.41) is 5.50. The van der Waals surface area contributed by atoms with Gasteiger partial charge in [0.25, 0.3) is 5.91 Å². The zero-order chi connectivity index (χ0) is 20.1. The van der Waals surface area contributed by atoms with Crippen molar-refractivity contribution < 1.29 is 23.5 Å². The number of imide groups is 1. The topological polar surface area (TPSA) is 87.7 Å². The van der Waals surface area contributed by atoms with Crippen LogP contribution in [0, 0.1) is 11.7 Å². The van der Waals surface area contributed by atoms with Crippen LogP contribution in [0.1, 0.15) is 39.0 Å². The Labute approximate surface area is 163 Å². The summed E-state index contributed by atoms with van der Waals surface area (Å²) in [5.41, 5.74) is -0.827. The molecule has 1 aliphatic carbocycles. The fraction of sp³-hybridized carbons (Fsp3) is 0.550. The smallest absolute Gasteiger partial charge is 0.325 e. The van der Waals surface area contributed by atoms with E-state index >= 15 is 0 Å². The van der Waals surface area contributed by atoms with Gasteiger partial charge in [0, 0.05) is 6.54 Å². The van der Waals surface area contributed by atoms with Gasteiger partial charge in [-0.2, -0.15) is 0 Å². The first kappa shape index (κ1) is 20.1. The highest BCUT2D eigenvalue weighted by molar-refractivity contribution is 6.09. The van der Waals surface area contributed by atoms with Gasteiger partial charge in [0.1, 0.15) is 23.7 Å². The Hall–Kier alpha value is -2.64.